The predicted octanol–water partition coefficient (Wildman–Crippen LogP) is 4.73. The Bertz CT molecular complexity index is 1040. The van der Waals surface area contributed by atoms with Crippen LogP contribution in [0, 0.1) is 11.3 Å². The molecule has 2 atom stereocenters. The summed E-state index contributed by atoms with van der Waals surface area (Å²) in [4.78, 5) is 42.9. The zero-order valence-electron chi connectivity index (χ0n) is 20.7. The summed E-state index contributed by atoms with van der Waals surface area (Å²) in [5.41, 5.74) is 2.44. The number of benzene rings is 1. The molecule has 0 N–H and O–H groups in total. The van der Waals surface area contributed by atoms with Gasteiger partial charge >= 0.3 is 11.9 Å². The Morgan fingerprint density at radius 2 is 1.94 bits per heavy atom. The van der Waals surface area contributed by atoms with E-state index in [1.54, 1.807) is 30.0 Å². The summed E-state index contributed by atoms with van der Waals surface area (Å²) in [6.07, 6.45) is 1.04. The summed E-state index contributed by atoms with van der Waals surface area (Å²) in [5.74, 6) is 0.146. The van der Waals surface area contributed by atoms with Gasteiger partial charge in [0.25, 0.3) is 0 Å². The quantitative estimate of drug-likeness (QED) is 0.297. The number of carbonyl (C=O) groups excluding carboxylic acids is 3. The maximum atomic E-state index is 13.4. The number of carbonyl (C=O) groups is 3. The average Bonchev–Trinajstić information content (AvgIpc) is 2.74. The summed E-state index contributed by atoms with van der Waals surface area (Å²) < 4.78 is 16.3. The van der Waals surface area contributed by atoms with Crippen LogP contribution in [-0.4, -0.2) is 48.7 Å². The number of esters is 2. The number of hydrogen-bond acceptors (Lipinski definition) is 8. The third kappa shape index (κ3) is 5.71. The van der Waals surface area contributed by atoms with Gasteiger partial charge in [-0.25, -0.2) is 0 Å². The molecule has 0 amide bonds. The molecule has 0 radical (unpaired) electrons. The summed E-state index contributed by atoms with van der Waals surface area (Å²) in [6.45, 7) is 9.60. The van der Waals surface area contributed by atoms with E-state index in [1.165, 1.54) is 14.0 Å². The number of ether oxygens (including phenoxy) is 3. The first kappa shape index (κ1) is 26.0. The van der Waals surface area contributed by atoms with E-state index >= 15 is 0 Å². The molecule has 1 aromatic carbocycles. The Morgan fingerprint density at radius 3 is 2.59 bits per heavy atom. The van der Waals surface area contributed by atoms with E-state index in [-0.39, 0.29) is 16.9 Å². The minimum atomic E-state index is -0.722. The number of nitrogens with zero attached hydrogens (tertiary/aromatic N) is 1. The molecule has 1 unspecified atom stereocenters. The molecule has 34 heavy (non-hydrogen) atoms. The van der Waals surface area contributed by atoms with Crippen LogP contribution in [-0.2, 0) is 19.1 Å². The first-order valence-electron chi connectivity index (χ1n) is 11.5. The van der Waals surface area contributed by atoms with Crippen molar-refractivity contribution in [1.29, 1.82) is 0 Å². The maximum absolute atomic E-state index is 13.4. The van der Waals surface area contributed by atoms with Gasteiger partial charge in [0.2, 0.25) is 0 Å². The van der Waals surface area contributed by atoms with Gasteiger partial charge in [0.1, 0.15) is 12.5 Å². The third-order valence-electron chi connectivity index (χ3n) is 6.03. The molecule has 0 saturated carbocycles. The number of Topliss-reactive ketones (excluding diaryl/α,β-unsaturated/α-hetero) is 1. The van der Waals surface area contributed by atoms with Gasteiger partial charge in [-0.3, -0.25) is 19.4 Å². The number of methoxy groups -OCH3 is 1. The smallest absolute Gasteiger partial charge is 0.315 e. The molecule has 1 aliphatic carbocycles. The van der Waals surface area contributed by atoms with Gasteiger partial charge in [0.05, 0.1) is 7.11 Å². The van der Waals surface area contributed by atoms with Crippen molar-refractivity contribution < 1.29 is 28.6 Å². The molecule has 2 aliphatic rings. The lowest BCUT2D eigenvalue weighted by Gasteiger charge is -2.39. The van der Waals surface area contributed by atoms with Gasteiger partial charge in [0, 0.05) is 42.0 Å². The highest BCUT2D eigenvalue weighted by molar-refractivity contribution is 7.99. The van der Waals surface area contributed by atoms with E-state index < -0.39 is 23.8 Å². The Labute approximate surface area is 205 Å². The minimum Gasteiger partial charge on any atom is -0.493 e. The van der Waals surface area contributed by atoms with Gasteiger partial charge in [-0.1, -0.05) is 26.8 Å². The van der Waals surface area contributed by atoms with Gasteiger partial charge in [0.15, 0.2) is 17.3 Å². The van der Waals surface area contributed by atoms with Gasteiger partial charge in [-0.15, -0.1) is 0 Å². The molecule has 1 heterocycles. The molecule has 7 nitrogen and oxygen atoms in total. The molecular formula is C26H33NO6S. The van der Waals surface area contributed by atoms with Crippen molar-refractivity contribution in [3.8, 4) is 11.5 Å². The summed E-state index contributed by atoms with van der Waals surface area (Å²) in [7, 11) is 1.48. The molecule has 8 heteroatoms. The first-order valence-corrected chi connectivity index (χ1v) is 12.7. The summed E-state index contributed by atoms with van der Waals surface area (Å²) in [5, 5.41) is 0. The number of hydrogen-bond donors (Lipinski definition) is 0. The van der Waals surface area contributed by atoms with Crippen LogP contribution in [0.4, 0.5) is 0 Å². The largest absolute Gasteiger partial charge is 0.493 e. The van der Waals surface area contributed by atoms with E-state index in [2.05, 4.69) is 20.8 Å². The highest BCUT2D eigenvalue weighted by Crippen LogP contribution is 2.48. The second-order valence-electron chi connectivity index (χ2n) is 9.38. The summed E-state index contributed by atoms with van der Waals surface area (Å²) >= 11 is 1.70. The Hall–Kier alpha value is -2.61. The van der Waals surface area contributed by atoms with Crippen molar-refractivity contribution in [2.45, 2.75) is 53.4 Å². The molecule has 0 spiro atoms. The van der Waals surface area contributed by atoms with Crippen molar-refractivity contribution in [3.63, 3.8) is 0 Å². The molecule has 184 valence electrons. The second kappa shape index (κ2) is 10.8. The van der Waals surface area contributed by atoms with Gasteiger partial charge in [-0.05, 0) is 42.2 Å². The van der Waals surface area contributed by atoms with Crippen LogP contribution in [0.1, 0.15) is 58.9 Å². The van der Waals surface area contributed by atoms with Crippen LogP contribution in [0.3, 0.4) is 0 Å². The number of rotatable bonds is 8. The standard InChI is InChI=1S/C26H33NO6S/c1-7-34-11-10-32-25(30)22-15(2)27-18-13-26(4,5)14-19(29)24(18)23(22)17-8-9-20(33-16(3)28)21(12-17)31-6/h8-9,12,22-23H,7,10-11,13-14H2,1-6H3/t22?,23-/m0/s1. The monoisotopic (exact) mass is 487 g/mol. The van der Waals surface area contributed by atoms with Crippen LogP contribution in [0.5, 0.6) is 11.5 Å². The lowest BCUT2D eigenvalue weighted by atomic mass is 9.67. The van der Waals surface area contributed by atoms with Crippen molar-refractivity contribution in [2.24, 2.45) is 16.3 Å². The van der Waals surface area contributed by atoms with Crippen LogP contribution in [0.15, 0.2) is 34.5 Å². The number of ketones is 1. The highest BCUT2D eigenvalue weighted by Gasteiger charge is 2.46. The van der Waals surface area contributed by atoms with E-state index in [9.17, 15) is 14.4 Å². The van der Waals surface area contributed by atoms with E-state index in [4.69, 9.17) is 19.2 Å². The Morgan fingerprint density at radius 1 is 1.21 bits per heavy atom. The fourth-order valence-electron chi connectivity index (χ4n) is 4.66. The van der Waals surface area contributed by atoms with Crippen molar-refractivity contribution in [2.75, 3.05) is 25.2 Å². The topological polar surface area (TPSA) is 91.3 Å². The highest BCUT2D eigenvalue weighted by atomic mass is 32.2. The lowest BCUT2D eigenvalue weighted by Crippen LogP contribution is -2.39. The molecule has 3 rings (SSSR count). The molecule has 0 fully saturated rings. The fourth-order valence-corrected chi connectivity index (χ4v) is 5.15. The van der Waals surface area contributed by atoms with Gasteiger partial charge in [-0.2, -0.15) is 11.8 Å². The fraction of sp³-hybridized carbons (Fsp3) is 0.538. The van der Waals surface area contributed by atoms with Crippen molar-refractivity contribution in [1.82, 2.24) is 0 Å². The zero-order valence-corrected chi connectivity index (χ0v) is 21.5. The van der Waals surface area contributed by atoms with E-state index in [0.717, 1.165) is 11.4 Å². The Balaban J connectivity index is 2.08. The van der Waals surface area contributed by atoms with Crippen LogP contribution >= 0.6 is 11.8 Å². The van der Waals surface area contributed by atoms with Crippen molar-refractivity contribution in [3.05, 3.63) is 35.0 Å². The molecule has 1 aliphatic heterocycles. The zero-order chi connectivity index (χ0) is 25.0. The molecule has 0 aromatic heterocycles. The summed E-state index contributed by atoms with van der Waals surface area (Å²) in [6, 6.07) is 5.13. The number of thioether (sulfide) groups is 1. The first-order chi connectivity index (χ1) is 16.1. The Kier molecular flexibility index (Phi) is 8.23. The van der Waals surface area contributed by atoms with Crippen LogP contribution in [0.2, 0.25) is 0 Å². The molecule has 0 saturated heterocycles. The maximum Gasteiger partial charge on any atom is 0.315 e. The van der Waals surface area contributed by atoms with E-state index in [1.807, 2.05) is 6.92 Å². The lowest BCUT2D eigenvalue weighted by molar-refractivity contribution is -0.146. The molecule has 1 aromatic rings. The average molecular weight is 488 g/mol. The second-order valence-corrected chi connectivity index (χ2v) is 10.8. The molecular weight excluding hydrogens is 454 g/mol. The minimum absolute atomic E-state index is 0.00475. The van der Waals surface area contributed by atoms with Crippen LogP contribution < -0.4 is 9.47 Å². The van der Waals surface area contributed by atoms with Crippen LogP contribution in [0.25, 0.3) is 0 Å². The normalized spacial score (nSPS) is 21.5. The van der Waals surface area contributed by atoms with Crippen molar-refractivity contribution >= 4 is 35.2 Å². The predicted molar refractivity (Wildman–Crippen MR) is 133 cm³/mol. The van der Waals surface area contributed by atoms with E-state index in [0.29, 0.717) is 47.8 Å². The molecule has 0 bridgehead atoms. The van der Waals surface area contributed by atoms with Gasteiger partial charge < -0.3 is 14.2 Å². The number of aliphatic imine (C=N–C) groups is 1. The number of allylic oxidation sites excluding steroid dienone is 2. The SMILES string of the molecule is CCSCCOC(=O)C1C(C)=NC2=C(C(=O)CC(C)(C)C2)[C@H]1c1ccc(OC(C)=O)c(OC)c1. The third-order valence-corrected chi connectivity index (χ3v) is 6.90.